The van der Waals surface area contributed by atoms with Crippen LogP contribution < -0.4 is 0 Å². The molecule has 0 aromatic rings. The van der Waals surface area contributed by atoms with Gasteiger partial charge in [-0.15, -0.1) is 0 Å². The maximum Gasteiger partial charge on any atom is 0.155 e. The summed E-state index contributed by atoms with van der Waals surface area (Å²) in [5.74, 6) is 0.852. The highest BCUT2D eigenvalue weighted by molar-refractivity contribution is 5.89. The molecule has 0 aromatic heterocycles. The van der Waals surface area contributed by atoms with E-state index in [1.165, 1.54) is 19.3 Å². The second kappa shape index (κ2) is 8.03. The van der Waals surface area contributed by atoms with Gasteiger partial charge in [0.05, 0.1) is 0 Å². The second-order valence-electron chi connectivity index (χ2n) is 3.49. The van der Waals surface area contributed by atoms with Gasteiger partial charge in [-0.05, 0) is 24.8 Å². The molecule has 0 spiro atoms. The van der Waals surface area contributed by atoms with Gasteiger partial charge in [0.15, 0.2) is 5.78 Å². The summed E-state index contributed by atoms with van der Waals surface area (Å²) in [7, 11) is 0. The molecule has 0 heterocycles. The van der Waals surface area contributed by atoms with E-state index < -0.39 is 0 Å². The van der Waals surface area contributed by atoms with Gasteiger partial charge >= 0.3 is 0 Å². The summed E-state index contributed by atoms with van der Waals surface area (Å²) in [5, 5.41) is 0. The van der Waals surface area contributed by atoms with Crippen molar-refractivity contribution in [1.29, 1.82) is 0 Å². The lowest BCUT2D eigenvalue weighted by atomic mass is 9.98. The number of allylic oxidation sites excluding steroid dienone is 2. The number of ketones is 1. The molecule has 0 rings (SSSR count). The molecule has 0 aliphatic heterocycles. The van der Waals surface area contributed by atoms with E-state index in [0.717, 1.165) is 6.42 Å². The van der Waals surface area contributed by atoms with Gasteiger partial charge in [0.2, 0.25) is 0 Å². The molecule has 1 nitrogen and oxygen atoms in total. The van der Waals surface area contributed by atoms with E-state index >= 15 is 0 Å². The molecule has 0 saturated heterocycles. The Morgan fingerprint density at radius 2 is 2.00 bits per heavy atom. The first-order valence-corrected chi connectivity index (χ1v) is 5.45. The number of hydrogen-bond donors (Lipinski definition) is 0. The van der Waals surface area contributed by atoms with Crippen LogP contribution in [0.5, 0.6) is 0 Å². The van der Waals surface area contributed by atoms with Gasteiger partial charge in [0.1, 0.15) is 0 Å². The van der Waals surface area contributed by atoms with E-state index in [4.69, 9.17) is 0 Å². The Morgan fingerprint density at radius 3 is 2.46 bits per heavy atom. The van der Waals surface area contributed by atoms with Crippen molar-refractivity contribution >= 4 is 5.78 Å². The monoisotopic (exact) mass is 182 g/mol. The number of carbonyl (C=O) groups is 1. The summed E-state index contributed by atoms with van der Waals surface area (Å²) in [6.07, 6.45) is 9.34. The van der Waals surface area contributed by atoms with Crippen LogP contribution in [0.2, 0.25) is 0 Å². The quantitative estimate of drug-likeness (QED) is 0.548. The first kappa shape index (κ1) is 12.4. The standard InChI is InChI=1S/C12H22O/c1-4-7-8-11(5-2)9-10-12(13)6-3/h9-11H,4-8H2,1-3H3/b10-9+. The van der Waals surface area contributed by atoms with E-state index in [9.17, 15) is 4.79 Å². The summed E-state index contributed by atoms with van der Waals surface area (Å²) >= 11 is 0. The van der Waals surface area contributed by atoms with Crippen LogP contribution in [0.4, 0.5) is 0 Å². The molecule has 76 valence electrons. The topological polar surface area (TPSA) is 17.1 Å². The van der Waals surface area contributed by atoms with Gasteiger partial charge in [0, 0.05) is 6.42 Å². The fourth-order valence-corrected chi connectivity index (χ4v) is 1.26. The lowest BCUT2D eigenvalue weighted by molar-refractivity contribution is -0.114. The molecule has 0 fully saturated rings. The van der Waals surface area contributed by atoms with Crippen molar-refractivity contribution in [2.75, 3.05) is 0 Å². The summed E-state index contributed by atoms with van der Waals surface area (Å²) in [6.45, 7) is 6.29. The Labute approximate surface area is 82.2 Å². The highest BCUT2D eigenvalue weighted by atomic mass is 16.1. The van der Waals surface area contributed by atoms with Crippen LogP contribution in [0.1, 0.15) is 52.9 Å². The van der Waals surface area contributed by atoms with Crippen molar-refractivity contribution in [3.8, 4) is 0 Å². The number of rotatable bonds is 7. The van der Waals surface area contributed by atoms with Crippen LogP contribution in [0.3, 0.4) is 0 Å². The van der Waals surface area contributed by atoms with Crippen LogP contribution >= 0.6 is 0 Å². The van der Waals surface area contributed by atoms with Crippen molar-refractivity contribution < 1.29 is 4.79 Å². The third-order valence-corrected chi connectivity index (χ3v) is 2.36. The molecule has 0 aromatic carbocycles. The molecule has 0 amide bonds. The molecule has 1 unspecified atom stereocenters. The maximum atomic E-state index is 11.0. The van der Waals surface area contributed by atoms with E-state index in [-0.39, 0.29) is 5.78 Å². The Kier molecular flexibility index (Phi) is 7.66. The zero-order valence-corrected chi connectivity index (χ0v) is 9.18. The zero-order chi connectivity index (χ0) is 10.1. The Balaban J connectivity index is 3.81. The second-order valence-corrected chi connectivity index (χ2v) is 3.49. The predicted molar refractivity (Wildman–Crippen MR) is 57.7 cm³/mol. The van der Waals surface area contributed by atoms with Crippen LogP contribution in [-0.4, -0.2) is 5.78 Å². The molecule has 0 radical (unpaired) electrons. The third kappa shape index (κ3) is 6.56. The Bertz CT molecular complexity index is 159. The van der Waals surface area contributed by atoms with Crippen LogP contribution in [-0.2, 0) is 4.79 Å². The highest BCUT2D eigenvalue weighted by Gasteiger charge is 2.01. The van der Waals surface area contributed by atoms with Crippen LogP contribution in [0.15, 0.2) is 12.2 Å². The third-order valence-electron chi connectivity index (χ3n) is 2.36. The summed E-state index contributed by atoms with van der Waals surface area (Å²) in [4.78, 5) is 11.0. The number of carbonyl (C=O) groups excluding carboxylic acids is 1. The van der Waals surface area contributed by atoms with Crippen molar-refractivity contribution in [3.63, 3.8) is 0 Å². The molecule has 0 bridgehead atoms. The average molecular weight is 182 g/mol. The molecule has 0 saturated carbocycles. The first-order valence-electron chi connectivity index (χ1n) is 5.45. The normalized spacial score (nSPS) is 13.5. The molecule has 13 heavy (non-hydrogen) atoms. The fraction of sp³-hybridized carbons (Fsp3) is 0.750. The summed E-state index contributed by atoms with van der Waals surface area (Å²) in [6, 6.07) is 0. The largest absolute Gasteiger partial charge is 0.295 e. The Morgan fingerprint density at radius 1 is 1.31 bits per heavy atom. The molecule has 0 aliphatic rings. The van der Waals surface area contributed by atoms with E-state index in [2.05, 4.69) is 19.9 Å². The minimum Gasteiger partial charge on any atom is -0.295 e. The Hall–Kier alpha value is -0.590. The fourth-order valence-electron chi connectivity index (χ4n) is 1.26. The van der Waals surface area contributed by atoms with Gasteiger partial charge in [-0.1, -0.05) is 39.7 Å². The molecular weight excluding hydrogens is 160 g/mol. The number of hydrogen-bond acceptors (Lipinski definition) is 1. The van der Waals surface area contributed by atoms with Gasteiger partial charge in [-0.3, -0.25) is 4.79 Å². The summed E-state index contributed by atoms with van der Waals surface area (Å²) in [5.41, 5.74) is 0. The molecule has 0 aliphatic carbocycles. The highest BCUT2D eigenvalue weighted by Crippen LogP contribution is 2.13. The number of unbranched alkanes of at least 4 members (excludes halogenated alkanes) is 1. The van der Waals surface area contributed by atoms with Crippen LogP contribution in [0, 0.1) is 5.92 Å². The molecular formula is C12H22O. The summed E-state index contributed by atoms with van der Waals surface area (Å²) < 4.78 is 0. The smallest absolute Gasteiger partial charge is 0.155 e. The van der Waals surface area contributed by atoms with E-state index in [0.29, 0.717) is 12.3 Å². The molecule has 0 N–H and O–H groups in total. The minimum atomic E-state index is 0.245. The molecule has 1 atom stereocenters. The molecule has 1 heteroatoms. The van der Waals surface area contributed by atoms with E-state index in [1.54, 1.807) is 6.08 Å². The van der Waals surface area contributed by atoms with Gasteiger partial charge in [-0.25, -0.2) is 0 Å². The minimum absolute atomic E-state index is 0.245. The maximum absolute atomic E-state index is 11.0. The lowest BCUT2D eigenvalue weighted by Gasteiger charge is -2.07. The van der Waals surface area contributed by atoms with Gasteiger partial charge in [-0.2, -0.15) is 0 Å². The lowest BCUT2D eigenvalue weighted by Crippen LogP contribution is -1.96. The van der Waals surface area contributed by atoms with Crippen molar-refractivity contribution in [3.05, 3.63) is 12.2 Å². The van der Waals surface area contributed by atoms with Gasteiger partial charge < -0.3 is 0 Å². The zero-order valence-electron chi connectivity index (χ0n) is 9.18. The van der Waals surface area contributed by atoms with Gasteiger partial charge in [0.25, 0.3) is 0 Å². The first-order chi connectivity index (χ1) is 6.24. The predicted octanol–water partition coefficient (Wildman–Crippen LogP) is 3.74. The van der Waals surface area contributed by atoms with Crippen LogP contribution in [0.25, 0.3) is 0 Å². The van der Waals surface area contributed by atoms with Crippen molar-refractivity contribution in [1.82, 2.24) is 0 Å². The SMILES string of the molecule is CCCCC(/C=C/C(=O)CC)CC. The van der Waals surface area contributed by atoms with Crippen molar-refractivity contribution in [2.24, 2.45) is 5.92 Å². The van der Waals surface area contributed by atoms with Crippen molar-refractivity contribution in [2.45, 2.75) is 52.9 Å². The van der Waals surface area contributed by atoms with E-state index in [1.807, 2.05) is 6.92 Å². The average Bonchev–Trinajstić information content (AvgIpc) is 2.17.